The maximum atomic E-state index is 13.0. The first-order valence-electron chi connectivity index (χ1n) is 12.2. The average Bonchev–Trinajstić information content (AvgIpc) is 3.33. The van der Waals surface area contributed by atoms with Crippen molar-refractivity contribution in [2.75, 3.05) is 44.7 Å². The highest BCUT2D eigenvalue weighted by molar-refractivity contribution is 5.94. The van der Waals surface area contributed by atoms with Gasteiger partial charge in [-0.25, -0.2) is 9.97 Å². The van der Waals surface area contributed by atoms with Crippen LogP contribution in [0, 0.1) is 6.92 Å². The molecular formula is C26H33N5O2. The Labute approximate surface area is 195 Å². The van der Waals surface area contributed by atoms with Crippen LogP contribution in [0.5, 0.6) is 0 Å². The first-order valence-corrected chi connectivity index (χ1v) is 12.2. The Morgan fingerprint density at radius 1 is 1.00 bits per heavy atom. The van der Waals surface area contributed by atoms with Crippen LogP contribution in [0.15, 0.2) is 30.3 Å². The van der Waals surface area contributed by atoms with Gasteiger partial charge in [0.15, 0.2) is 0 Å². The van der Waals surface area contributed by atoms with Gasteiger partial charge in [-0.15, -0.1) is 0 Å². The molecule has 3 aliphatic rings. The lowest BCUT2D eigenvalue weighted by Gasteiger charge is -2.32. The summed E-state index contributed by atoms with van der Waals surface area (Å²) in [7, 11) is 1.79. The van der Waals surface area contributed by atoms with E-state index in [1.807, 2.05) is 11.8 Å². The zero-order valence-electron chi connectivity index (χ0n) is 19.7. The predicted molar refractivity (Wildman–Crippen MR) is 127 cm³/mol. The molecule has 1 aromatic carbocycles. The average molecular weight is 448 g/mol. The summed E-state index contributed by atoms with van der Waals surface area (Å²) < 4.78 is 0. The number of nitrogens with zero attached hydrogens (tertiary/aromatic N) is 5. The largest absolute Gasteiger partial charge is 0.341 e. The van der Waals surface area contributed by atoms with E-state index in [9.17, 15) is 9.59 Å². The van der Waals surface area contributed by atoms with Gasteiger partial charge in [-0.05, 0) is 57.2 Å². The van der Waals surface area contributed by atoms with Gasteiger partial charge in [0, 0.05) is 43.7 Å². The van der Waals surface area contributed by atoms with Gasteiger partial charge < -0.3 is 4.90 Å². The van der Waals surface area contributed by atoms with Crippen molar-refractivity contribution in [3.63, 3.8) is 0 Å². The molecule has 1 atom stereocenters. The standard InChI is InChI=1S/C26H33N5O2/c1-18-22-8-9-23(32)29(2)26(22)28-25(27-18)21-12-15-31(16-21)24(33)17-30-13-10-20(11-14-30)19-6-4-3-5-7-19/h3-7,20-21H,8-17H2,1-2H3/t21-/m0/s1. The third kappa shape index (κ3) is 4.51. The lowest BCUT2D eigenvalue weighted by atomic mass is 9.89. The molecule has 5 rings (SSSR count). The van der Waals surface area contributed by atoms with Gasteiger partial charge in [0.2, 0.25) is 11.8 Å². The molecule has 2 aromatic rings. The first-order chi connectivity index (χ1) is 16.0. The number of likely N-dealkylation sites (tertiary alicyclic amines) is 2. The third-order valence-electron chi connectivity index (χ3n) is 7.61. The number of anilines is 1. The molecule has 2 amide bonds. The van der Waals surface area contributed by atoms with Crippen molar-refractivity contribution >= 4 is 17.6 Å². The Balaban J connectivity index is 1.18. The fraction of sp³-hybridized carbons (Fsp3) is 0.538. The van der Waals surface area contributed by atoms with E-state index in [1.54, 1.807) is 11.9 Å². The molecule has 3 aliphatic heterocycles. The van der Waals surface area contributed by atoms with Crippen LogP contribution in [0.3, 0.4) is 0 Å². The third-order valence-corrected chi connectivity index (χ3v) is 7.61. The molecular weight excluding hydrogens is 414 g/mol. The number of amides is 2. The molecule has 7 heteroatoms. The number of hydrogen-bond donors (Lipinski definition) is 0. The van der Waals surface area contributed by atoms with E-state index in [-0.39, 0.29) is 17.7 Å². The SMILES string of the molecule is Cc1nc([C@H]2CCN(C(=O)CN3CCC(c4ccccc4)CC3)C2)nc2c1CCC(=O)N2C. The van der Waals surface area contributed by atoms with Crippen LogP contribution < -0.4 is 4.90 Å². The van der Waals surface area contributed by atoms with Gasteiger partial charge in [-0.2, -0.15) is 0 Å². The Morgan fingerprint density at radius 2 is 1.73 bits per heavy atom. The van der Waals surface area contributed by atoms with E-state index in [0.717, 1.165) is 61.8 Å². The van der Waals surface area contributed by atoms with E-state index in [4.69, 9.17) is 9.97 Å². The van der Waals surface area contributed by atoms with Gasteiger partial charge in [0.05, 0.1) is 6.54 Å². The Bertz CT molecular complexity index is 1030. The molecule has 0 aliphatic carbocycles. The molecule has 2 fully saturated rings. The van der Waals surface area contributed by atoms with Crippen molar-refractivity contribution in [2.24, 2.45) is 0 Å². The van der Waals surface area contributed by atoms with Crippen LogP contribution in [0.25, 0.3) is 0 Å². The topological polar surface area (TPSA) is 69.6 Å². The highest BCUT2D eigenvalue weighted by atomic mass is 16.2. The number of rotatable bonds is 4. The molecule has 33 heavy (non-hydrogen) atoms. The number of piperidine rings is 1. The minimum atomic E-state index is 0.103. The zero-order chi connectivity index (χ0) is 22.9. The van der Waals surface area contributed by atoms with E-state index < -0.39 is 0 Å². The van der Waals surface area contributed by atoms with Crippen LogP contribution in [-0.2, 0) is 16.0 Å². The molecule has 0 radical (unpaired) electrons. The highest BCUT2D eigenvalue weighted by Gasteiger charge is 2.33. The second kappa shape index (κ2) is 9.21. The maximum Gasteiger partial charge on any atom is 0.236 e. The summed E-state index contributed by atoms with van der Waals surface area (Å²) >= 11 is 0. The van der Waals surface area contributed by atoms with E-state index >= 15 is 0 Å². The van der Waals surface area contributed by atoms with Crippen LogP contribution >= 0.6 is 0 Å². The number of fused-ring (bicyclic) bond motifs is 1. The summed E-state index contributed by atoms with van der Waals surface area (Å²) in [5.74, 6) is 2.56. The van der Waals surface area contributed by atoms with Crippen molar-refractivity contribution in [3.8, 4) is 0 Å². The Kier molecular flexibility index (Phi) is 6.15. The maximum absolute atomic E-state index is 13.0. The number of hydrogen-bond acceptors (Lipinski definition) is 5. The summed E-state index contributed by atoms with van der Waals surface area (Å²) in [5, 5.41) is 0. The fourth-order valence-corrected chi connectivity index (χ4v) is 5.51. The Hall–Kier alpha value is -2.80. The van der Waals surface area contributed by atoms with Crippen LogP contribution in [0.2, 0.25) is 0 Å². The van der Waals surface area contributed by atoms with Gasteiger partial charge in [0.1, 0.15) is 11.6 Å². The zero-order valence-corrected chi connectivity index (χ0v) is 19.7. The summed E-state index contributed by atoms with van der Waals surface area (Å²) in [6, 6.07) is 10.7. The summed E-state index contributed by atoms with van der Waals surface area (Å²) in [4.78, 5) is 40.7. The molecule has 0 saturated carbocycles. The molecule has 4 heterocycles. The second-order valence-electron chi connectivity index (χ2n) is 9.71. The van der Waals surface area contributed by atoms with Gasteiger partial charge in [-0.1, -0.05) is 30.3 Å². The van der Waals surface area contributed by atoms with E-state index in [0.29, 0.717) is 31.8 Å². The molecule has 0 bridgehead atoms. The molecule has 1 aromatic heterocycles. The molecule has 0 unspecified atom stereocenters. The minimum absolute atomic E-state index is 0.103. The van der Waals surface area contributed by atoms with E-state index in [2.05, 4.69) is 35.2 Å². The molecule has 2 saturated heterocycles. The number of carbonyl (C=O) groups is 2. The van der Waals surface area contributed by atoms with Crippen LogP contribution in [0.1, 0.15) is 60.2 Å². The summed E-state index contributed by atoms with van der Waals surface area (Å²) in [5.41, 5.74) is 3.45. The monoisotopic (exact) mass is 447 g/mol. The lowest BCUT2D eigenvalue weighted by Crippen LogP contribution is -2.42. The number of aromatic nitrogens is 2. The van der Waals surface area contributed by atoms with Crippen molar-refractivity contribution in [3.05, 3.63) is 53.0 Å². The first kappa shape index (κ1) is 22.0. The van der Waals surface area contributed by atoms with Gasteiger partial charge in [0.25, 0.3) is 0 Å². The number of benzene rings is 1. The quantitative estimate of drug-likeness (QED) is 0.721. The summed E-state index contributed by atoms with van der Waals surface area (Å²) in [6.45, 7) is 5.85. The highest BCUT2D eigenvalue weighted by Crippen LogP contribution is 2.32. The van der Waals surface area contributed by atoms with Crippen molar-refractivity contribution in [1.29, 1.82) is 0 Å². The fourth-order valence-electron chi connectivity index (χ4n) is 5.51. The van der Waals surface area contributed by atoms with E-state index in [1.165, 1.54) is 5.56 Å². The van der Waals surface area contributed by atoms with Crippen molar-refractivity contribution in [1.82, 2.24) is 19.8 Å². The lowest BCUT2D eigenvalue weighted by molar-refractivity contribution is -0.131. The van der Waals surface area contributed by atoms with Gasteiger partial charge in [-0.3, -0.25) is 19.4 Å². The second-order valence-corrected chi connectivity index (χ2v) is 9.71. The molecule has 7 nitrogen and oxygen atoms in total. The molecule has 0 spiro atoms. The predicted octanol–water partition coefficient (Wildman–Crippen LogP) is 2.89. The summed E-state index contributed by atoms with van der Waals surface area (Å²) in [6.07, 6.45) is 4.31. The van der Waals surface area contributed by atoms with Crippen LogP contribution in [0.4, 0.5) is 5.82 Å². The number of aryl methyl sites for hydroxylation is 1. The Morgan fingerprint density at radius 3 is 2.48 bits per heavy atom. The van der Waals surface area contributed by atoms with Gasteiger partial charge >= 0.3 is 0 Å². The molecule has 174 valence electrons. The normalized spacial score (nSPS) is 22.0. The van der Waals surface area contributed by atoms with Crippen molar-refractivity contribution < 1.29 is 9.59 Å². The van der Waals surface area contributed by atoms with Crippen LogP contribution in [-0.4, -0.2) is 71.4 Å². The van der Waals surface area contributed by atoms with Crippen molar-refractivity contribution in [2.45, 2.75) is 50.9 Å². The smallest absolute Gasteiger partial charge is 0.236 e. The minimum Gasteiger partial charge on any atom is -0.341 e. The molecule has 0 N–H and O–H groups in total. The number of carbonyl (C=O) groups excluding carboxylic acids is 2.